The SMILES string of the molecule is O=[N+]([O-])c1ccc(O[C@@H]2O[C@H](CO[C@@H]3O[C@H](CO[C@@H]4O[C@H](CO[C@@H]5O[C@H](CO[C@@H]6O[C@H](CO)[C@H](O)[C@H](O)[C@H]6O)[C@H](O)[C@H](O)[C@H]5O)[C@H](O)[C@H](O)[C@H]4O)[C@H](O)[C@H](O)[C@H]3O)[C@H](O)[C@H](O)[C@H]2O)cc1. The minimum atomic E-state index is -1.99. The molecule has 0 aromatic heterocycles. The van der Waals surface area contributed by atoms with E-state index in [1.807, 2.05) is 0 Å². The van der Waals surface area contributed by atoms with Crippen molar-refractivity contribution < 1.29 is 134 Å². The predicted molar refractivity (Wildman–Crippen MR) is 198 cm³/mol. The Morgan fingerprint density at radius 3 is 0.954 bits per heavy atom. The number of nitro benzene ring substituents is 1. The summed E-state index contributed by atoms with van der Waals surface area (Å²) in [7, 11) is 0. The number of nitrogens with zero attached hydrogens (tertiary/aromatic N) is 1. The smallest absolute Gasteiger partial charge is 0.269 e. The fourth-order valence-electron chi connectivity index (χ4n) is 7.47. The average molecular weight is 950 g/mol. The Morgan fingerprint density at radius 1 is 0.400 bits per heavy atom. The third-order valence-corrected chi connectivity index (χ3v) is 11.5. The van der Waals surface area contributed by atoms with E-state index in [-0.39, 0.29) is 11.4 Å². The van der Waals surface area contributed by atoms with Crippen molar-refractivity contribution in [3.05, 3.63) is 34.4 Å². The summed E-state index contributed by atoms with van der Waals surface area (Å²) in [5, 5.41) is 178. The highest BCUT2D eigenvalue weighted by molar-refractivity contribution is 5.36. The van der Waals surface area contributed by atoms with Crippen LogP contribution in [0, 0.1) is 10.1 Å². The van der Waals surface area contributed by atoms with E-state index in [0.29, 0.717) is 0 Å². The molecule has 16 N–H and O–H groups in total. The molecule has 5 aliphatic rings. The molecule has 29 heteroatoms. The monoisotopic (exact) mass is 949 g/mol. The number of nitro groups is 1. The Kier molecular flexibility index (Phi) is 17.7. The first-order chi connectivity index (χ1) is 30.7. The summed E-state index contributed by atoms with van der Waals surface area (Å²) in [5.74, 6) is -0.0196. The largest absolute Gasteiger partial charge is 0.462 e. The summed E-state index contributed by atoms with van der Waals surface area (Å²) >= 11 is 0. The zero-order chi connectivity index (χ0) is 47.6. The Labute approximate surface area is 366 Å². The van der Waals surface area contributed by atoms with Crippen LogP contribution in [0.4, 0.5) is 5.69 Å². The lowest BCUT2D eigenvalue weighted by molar-refractivity contribution is -0.384. The number of hydrogen-bond donors (Lipinski definition) is 16. The fraction of sp³-hybridized carbons (Fsp3) is 0.833. The van der Waals surface area contributed by atoms with E-state index >= 15 is 0 Å². The summed E-state index contributed by atoms with van der Waals surface area (Å²) < 4.78 is 55.0. The van der Waals surface area contributed by atoms with Gasteiger partial charge in [-0.3, -0.25) is 10.1 Å². The number of aliphatic hydroxyl groups is 16. The average Bonchev–Trinajstić information content (AvgIpc) is 3.29. The van der Waals surface area contributed by atoms with Crippen LogP contribution in [-0.2, 0) is 42.6 Å². The van der Waals surface area contributed by atoms with E-state index < -0.39 is 191 Å². The van der Waals surface area contributed by atoms with E-state index in [1.165, 1.54) is 12.1 Å². The van der Waals surface area contributed by atoms with Gasteiger partial charge in [-0.25, -0.2) is 0 Å². The topological polar surface area (TPSA) is 459 Å². The van der Waals surface area contributed by atoms with Crippen LogP contribution in [0.5, 0.6) is 5.75 Å². The number of benzene rings is 1. The van der Waals surface area contributed by atoms with Crippen LogP contribution in [0.1, 0.15) is 0 Å². The molecule has 1 aromatic rings. The van der Waals surface area contributed by atoms with Crippen LogP contribution < -0.4 is 4.74 Å². The lowest BCUT2D eigenvalue weighted by atomic mass is 9.97. The highest BCUT2D eigenvalue weighted by Crippen LogP contribution is 2.31. The molecule has 5 heterocycles. The minimum Gasteiger partial charge on any atom is -0.462 e. The van der Waals surface area contributed by atoms with Gasteiger partial charge in [0.25, 0.3) is 5.69 Å². The van der Waals surface area contributed by atoms with Gasteiger partial charge < -0.3 is 129 Å². The van der Waals surface area contributed by atoms with Crippen LogP contribution in [-0.4, -0.2) is 273 Å². The molecule has 0 amide bonds. The summed E-state index contributed by atoms with van der Waals surface area (Å²) in [6.07, 6.45) is -44.5. The maximum Gasteiger partial charge on any atom is 0.269 e. The molecule has 5 aliphatic heterocycles. The van der Waals surface area contributed by atoms with Gasteiger partial charge in [0.1, 0.15) is 128 Å². The summed E-state index contributed by atoms with van der Waals surface area (Å²) in [4.78, 5) is 10.3. The van der Waals surface area contributed by atoms with Crippen LogP contribution in [0.15, 0.2) is 24.3 Å². The predicted octanol–water partition coefficient (Wildman–Crippen LogP) is -9.93. The molecule has 0 aliphatic carbocycles. The van der Waals surface area contributed by atoms with Crippen molar-refractivity contribution in [3.8, 4) is 5.75 Å². The third kappa shape index (κ3) is 11.5. The Balaban J connectivity index is 1.02. The molecule has 0 saturated carbocycles. The molecule has 6 rings (SSSR count). The van der Waals surface area contributed by atoms with Crippen molar-refractivity contribution in [2.45, 2.75) is 154 Å². The Morgan fingerprint density at radius 2 is 0.662 bits per heavy atom. The van der Waals surface area contributed by atoms with Crippen LogP contribution in [0.25, 0.3) is 0 Å². The Bertz CT molecular complexity index is 1650. The number of rotatable bonds is 16. The quantitative estimate of drug-likeness (QED) is 0.0540. The normalized spacial score (nSPS) is 47.3. The molecule has 372 valence electrons. The van der Waals surface area contributed by atoms with Gasteiger partial charge in [-0.05, 0) is 12.1 Å². The van der Waals surface area contributed by atoms with Gasteiger partial charge in [0.15, 0.2) is 25.2 Å². The molecule has 5 fully saturated rings. The molecule has 25 atom stereocenters. The molecule has 1 aromatic carbocycles. The summed E-state index contributed by atoms with van der Waals surface area (Å²) in [6, 6.07) is 4.59. The highest BCUT2D eigenvalue weighted by Gasteiger charge is 2.52. The van der Waals surface area contributed by atoms with Gasteiger partial charge in [0.2, 0.25) is 6.29 Å². The maximum atomic E-state index is 11.0. The van der Waals surface area contributed by atoms with Gasteiger partial charge in [-0.1, -0.05) is 0 Å². The van der Waals surface area contributed by atoms with Gasteiger partial charge in [0.05, 0.1) is 38.0 Å². The molecule has 5 saturated heterocycles. The third-order valence-electron chi connectivity index (χ3n) is 11.5. The number of ether oxygens (including phenoxy) is 10. The first kappa shape index (κ1) is 51.8. The first-order valence-corrected chi connectivity index (χ1v) is 20.2. The molecule has 0 unspecified atom stereocenters. The van der Waals surface area contributed by atoms with Crippen molar-refractivity contribution >= 4 is 5.69 Å². The lowest BCUT2D eigenvalue weighted by Crippen LogP contribution is -2.63. The first-order valence-electron chi connectivity index (χ1n) is 20.2. The Hall–Kier alpha value is -2.58. The second-order valence-corrected chi connectivity index (χ2v) is 16.0. The van der Waals surface area contributed by atoms with Crippen LogP contribution >= 0.6 is 0 Å². The van der Waals surface area contributed by atoms with Gasteiger partial charge in [0, 0.05) is 12.1 Å². The van der Waals surface area contributed by atoms with E-state index in [9.17, 15) is 91.8 Å². The lowest BCUT2D eigenvalue weighted by Gasteiger charge is -2.44. The van der Waals surface area contributed by atoms with Gasteiger partial charge in [-0.2, -0.15) is 0 Å². The molecule has 0 radical (unpaired) electrons. The molecular weight excluding hydrogens is 894 g/mol. The zero-order valence-corrected chi connectivity index (χ0v) is 33.8. The van der Waals surface area contributed by atoms with E-state index in [2.05, 4.69) is 0 Å². The summed E-state index contributed by atoms with van der Waals surface area (Å²) in [5.41, 5.74) is -0.267. The molecule has 0 spiro atoms. The second kappa shape index (κ2) is 22.2. The van der Waals surface area contributed by atoms with Crippen molar-refractivity contribution in [2.75, 3.05) is 33.0 Å². The van der Waals surface area contributed by atoms with Crippen molar-refractivity contribution in [1.82, 2.24) is 0 Å². The molecular formula is C36H55NO28. The molecule has 65 heavy (non-hydrogen) atoms. The standard InChI is InChI=1S/C36H55NO28/c38-5-12-17(39)22(44)27(49)32(61-12)56-6-13-18(40)23(45)28(50)33(62-13)57-7-14-19(41)24(46)29(51)34(63-14)58-8-15-20(42)25(47)30(52)35(64-15)59-9-16-21(43)26(48)31(53)36(65-16)60-11-3-1-10(2-4-11)37(54)55/h1-4,12-36,38-53H,5-9H2/t12-,13-,14-,15-,16-,17+,18+,19+,20+,21+,22+,23+,24+,25+,26+,27-,28-,29-,30-,31-,32-,33-,34-,35-,36-/m1/s1. The second-order valence-electron chi connectivity index (χ2n) is 16.0. The summed E-state index contributed by atoms with van der Waals surface area (Å²) in [6.45, 7) is -3.69. The van der Waals surface area contributed by atoms with E-state index in [0.717, 1.165) is 12.1 Å². The molecule has 29 nitrogen and oxygen atoms in total. The number of aliphatic hydroxyl groups excluding tert-OH is 16. The number of non-ortho nitro benzene ring substituents is 1. The molecule has 0 bridgehead atoms. The maximum absolute atomic E-state index is 11.0. The van der Waals surface area contributed by atoms with Gasteiger partial charge in [-0.15, -0.1) is 0 Å². The van der Waals surface area contributed by atoms with Crippen molar-refractivity contribution in [2.24, 2.45) is 0 Å². The van der Waals surface area contributed by atoms with Gasteiger partial charge >= 0.3 is 0 Å². The van der Waals surface area contributed by atoms with Crippen molar-refractivity contribution in [3.63, 3.8) is 0 Å². The van der Waals surface area contributed by atoms with Crippen LogP contribution in [0.2, 0.25) is 0 Å². The minimum absolute atomic E-state index is 0.0196. The highest BCUT2D eigenvalue weighted by atomic mass is 16.8. The van der Waals surface area contributed by atoms with Crippen molar-refractivity contribution in [1.29, 1.82) is 0 Å². The zero-order valence-electron chi connectivity index (χ0n) is 33.8. The van der Waals surface area contributed by atoms with Crippen LogP contribution in [0.3, 0.4) is 0 Å². The fourth-order valence-corrected chi connectivity index (χ4v) is 7.47. The van der Waals surface area contributed by atoms with E-state index in [4.69, 9.17) is 47.4 Å². The number of hydrogen-bond acceptors (Lipinski definition) is 28. The van der Waals surface area contributed by atoms with E-state index in [1.54, 1.807) is 0 Å².